The molecule has 2 aliphatic heterocycles. The molecule has 2 aliphatic carbocycles. The first-order valence-corrected chi connectivity index (χ1v) is 17.1. The number of thioether (sulfide) groups is 1. The lowest BCUT2D eigenvalue weighted by Crippen LogP contribution is -2.28. The summed E-state index contributed by atoms with van der Waals surface area (Å²) < 4.78 is 7.56. The molecule has 0 bridgehead atoms. The van der Waals surface area contributed by atoms with Crippen molar-refractivity contribution in [3.63, 3.8) is 0 Å². The number of rotatable bonds is 2. The van der Waals surface area contributed by atoms with Crippen molar-refractivity contribution >= 4 is 89.5 Å². The Kier molecular flexibility index (Phi) is 5.34. The molecule has 1 atom stereocenters. The van der Waals surface area contributed by atoms with Gasteiger partial charge in [0.2, 0.25) is 0 Å². The third kappa shape index (κ3) is 3.52. The Hall–Kier alpha value is -4.16. The van der Waals surface area contributed by atoms with Crippen LogP contribution in [0.1, 0.15) is 65.9 Å². The van der Waals surface area contributed by atoms with E-state index < -0.39 is 5.60 Å². The minimum Gasteiger partial charge on any atom is -0.480 e. The van der Waals surface area contributed by atoms with Gasteiger partial charge < -0.3 is 10.1 Å². The lowest BCUT2D eigenvalue weighted by atomic mass is 9.95. The van der Waals surface area contributed by atoms with Crippen molar-refractivity contribution < 1.29 is 23.9 Å². The number of carbonyl (C=O) groups excluding carboxylic acids is 4. The smallest absolute Gasteiger partial charge is 0.197 e. The molecule has 1 unspecified atom stereocenters. The van der Waals surface area contributed by atoms with Crippen LogP contribution in [0.3, 0.4) is 0 Å². The molecule has 9 rings (SSSR count). The molecule has 4 aliphatic rings. The molecule has 11 heteroatoms. The minimum atomic E-state index is -0.659. The number of carbonyl (C=O) groups is 4. The number of anilines is 1. The van der Waals surface area contributed by atoms with Crippen LogP contribution in [0.4, 0.5) is 5.00 Å². The average Bonchev–Trinajstić information content (AvgIpc) is 3.82. The quantitative estimate of drug-likeness (QED) is 0.151. The van der Waals surface area contributed by atoms with Crippen LogP contribution >= 0.6 is 45.8 Å². The summed E-state index contributed by atoms with van der Waals surface area (Å²) >= 11 is 6.17. The van der Waals surface area contributed by atoms with Crippen molar-refractivity contribution in [2.24, 2.45) is 0 Å². The zero-order valence-corrected chi connectivity index (χ0v) is 26.2. The van der Waals surface area contributed by atoms with Crippen LogP contribution in [0.5, 0.6) is 5.75 Å². The summed E-state index contributed by atoms with van der Waals surface area (Å²) in [7, 11) is 0. The molecule has 214 valence electrons. The summed E-state index contributed by atoms with van der Waals surface area (Å²) in [5, 5.41) is 4.83. The fourth-order valence-corrected chi connectivity index (χ4v) is 11.5. The summed E-state index contributed by atoms with van der Waals surface area (Å²) in [6.07, 6.45) is 3.34. The number of ketones is 4. The second-order valence-electron chi connectivity index (χ2n) is 11.3. The Bertz CT molecular complexity index is 2210. The van der Waals surface area contributed by atoms with E-state index in [0.29, 0.717) is 27.3 Å². The monoisotopic (exact) mass is 650 g/mol. The molecule has 0 fully saturated rings. The number of fused-ring (bicyclic) bond motifs is 9. The minimum absolute atomic E-state index is 0.136. The molecular formula is C33H18N2O5S4. The number of hydrogen-bond donors (Lipinski definition) is 1. The number of nitrogens with one attached hydrogen (secondary N) is 1. The van der Waals surface area contributed by atoms with E-state index in [1.165, 1.54) is 22.7 Å². The van der Waals surface area contributed by atoms with Crippen molar-refractivity contribution in [2.75, 3.05) is 5.32 Å². The molecule has 7 nitrogen and oxygen atoms in total. The lowest BCUT2D eigenvalue weighted by molar-refractivity contribution is 0.0973. The number of thiazole rings is 1. The number of ether oxygens (including phenoxy) is 1. The molecule has 2 aromatic carbocycles. The van der Waals surface area contributed by atoms with E-state index in [0.717, 1.165) is 40.5 Å². The van der Waals surface area contributed by atoms with Crippen molar-refractivity contribution in [3.05, 3.63) is 98.6 Å². The predicted octanol–water partition coefficient (Wildman–Crippen LogP) is 8.03. The number of Topliss-reactive ketones (excluding diaryl/α,β-unsaturated/α-hetero) is 4. The van der Waals surface area contributed by atoms with Gasteiger partial charge in [0.25, 0.3) is 0 Å². The molecule has 3 aromatic heterocycles. The molecule has 1 N–H and O–H groups in total. The first-order chi connectivity index (χ1) is 21.2. The maximum absolute atomic E-state index is 13.0. The summed E-state index contributed by atoms with van der Waals surface area (Å²) in [4.78, 5) is 60.5. The number of aromatic nitrogens is 1. The zero-order valence-electron chi connectivity index (χ0n) is 23.0. The molecule has 0 radical (unpaired) electrons. The van der Waals surface area contributed by atoms with E-state index in [1.54, 1.807) is 83.8 Å². The standard InChI is InChI=1S/C33H18N2O5S4/c1-33(2)21-27(43-31-28(21)41-19(34-31)11-17-22(36)13-7-3-4-8-14(13)23(17)37)29-26(40-33)30-32(44-29)35-20(42-30)12-18-24(38)15-9-5-6-10-16(15)25(18)39/h3-12,19,34H,1-2H3. The Morgan fingerprint density at radius 1 is 0.795 bits per heavy atom. The van der Waals surface area contributed by atoms with E-state index in [9.17, 15) is 19.2 Å². The van der Waals surface area contributed by atoms with E-state index in [4.69, 9.17) is 9.72 Å². The molecular weight excluding hydrogens is 633 g/mol. The normalized spacial score (nSPS) is 19.0. The Morgan fingerprint density at radius 2 is 1.39 bits per heavy atom. The van der Waals surface area contributed by atoms with Gasteiger partial charge in [-0.2, -0.15) is 0 Å². The predicted molar refractivity (Wildman–Crippen MR) is 174 cm³/mol. The number of thiophene rings is 2. The first kappa shape index (κ1) is 26.3. The van der Waals surface area contributed by atoms with E-state index in [-0.39, 0.29) is 39.7 Å². The number of hydrogen-bond acceptors (Lipinski definition) is 11. The second kappa shape index (κ2) is 8.95. The molecule has 5 heterocycles. The van der Waals surface area contributed by atoms with Gasteiger partial charge in [-0.1, -0.05) is 60.3 Å². The van der Waals surface area contributed by atoms with Gasteiger partial charge in [0.15, 0.2) is 28.9 Å². The molecule has 0 amide bonds. The van der Waals surface area contributed by atoms with E-state index in [1.807, 2.05) is 13.8 Å². The third-order valence-electron chi connectivity index (χ3n) is 8.17. The van der Waals surface area contributed by atoms with Crippen LogP contribution in [0.15, 0.2) is 70.6 Å². The molecule has 44 heavy (non-hydrogen) atoms. The topological polar surface area (TPSA) is 102 Å². The van der Waals surface area contributed by atoms with Gasteiger partial charge in [-0.15, -0.1) is 34.0 Å². The lowest BCUT2D eigenvalue weighted by Gasteiger charge is -2.32. The van der Waals surface area contributed by atoms with Crippen LogP contribution in [0.2, 0.25) is 0 Å². The van der Waals surface area contributed by atoms with Crippen molar-refractivity contribution in [1.29, 1.82) is 0 Å². The van der Waals surface area contributed by atoms with E-state index >= 15 is 0 Å². The maximum atomic E-state index is 13.0. The highest BCUT2D eigenvalue weighted by atomic mass is 32.2. The number of allylic oxidation sites excluding steroid dienone is 2. The summed E-state index contributed by atoms with van der Waals surface area (Å²) in [6, 6.07) is 13.8. The number of nitrogens with zero attached hydrogens (tertiary/aromatic N) is 1. The van der Waals surface area contributed by atoms with Gasteiger partial charge in [0.05, 0.1) is 31.2 Å². The van der Waals surface area contributed by atoms with Gasteiger partial charge in [0, 0.05) is 27.8 Å². The summed E-state index contributed by atoms with van der Waals surface area (Å²) in [6.45, 7) is 4.07. The van der Waals surface area contributed by atoms with Crippen LogP contribution in [0.25, 0.3) is 25.4 Å². The summed E-state index contributed by atoms with van der Waals surface area (Å²) in [5.74, 6) is -0.240. The van der Waals surface area contributed by atoms with Gasteiger partial charge in [-0.25, -0.2) is 4.98 Å². The van der Waals surface area contributed by atoms with Crippen LogP contribution in [-0.4, -0.2) is 33.5 Å². The highest BCUT2D eigenvalue weighted by Gasteiger charge is 2.44. The largest absolute Gasteiger partial charge is 0.480 e. The summed E-state index contributed by atoms with van der Waals surface area (Å²) in [5.41, 5.74) is 2.53. The zero-order chi connectivity index (χ0) is 30.1. The molecule has 5 aromatic rings. The SMILES string of the molecule is CC1(C)Oc2c(sc3nc(C=C4C(=O)c5ccccc5C4=O)sc23)-c2sc3c(c21)SC(C=C1C(=O)c2ccccc2C1=O)N3. The van der Waals surface area contributed by atoms with Crippen molar-refractivity contribution in [3.8, 4) is 15.5 Å². The van der Waals surface area contributed by atoms with Gasteiger partial charge in [-0.05, 0) is 26.0 Å². The highest BCUT2D eigenvalue weighted by molar-refractivity contribution is 8.01. The molecule has 0 saturated heterocycles. The van der Waals surface area contributed by atoms with Gasteiger partial charge in [-0.3, -0.25) is 19.2 Å². The Balaban J connectivity index is 1.05. The number of benzene rings is 2. The molecule has 0 saturated carbocycles. The molecule has 0 spiro atoms. The van der Waals surface area contributed by atoms with Crippen molar-refractivity contribution in [1.82, 2.24) is 4.98 Å². The van der Waals surface area contributed by atoms with Crippen LogP contribution in [-0.2, 0) is 5.60 Å². The van der Waals surface area contributed by atoms with Gasteiger partial charge in [0.1, 0.15) is 25.1 Å². The third-order valence-corrected chi connectivity index (χ3v) is 12.9. The Morgan fingerprint density at radius 3 is 2.00 bits per heavy atom. The fourth-order valence-electron chi connectivity index (χ4n) is 6.18. The fraction of sp³-hybridized carbons (Fsp3) is 0.121. The van der Waals surface area contributed by atoms with Gasteiger partial charge >= 0.3 is 0 Å². The van der Waals surface area contributed by atoms with Crippen LogP contribution in [0, 0.1) is 0 Å². The maximum Gasteiger partial charge on any atom is 0.197 e. The van der Waals surface area contributed by atoms with Crippen molar-refractivity contribution in [2.45, 2.75) is 29.7 Å². The van der Waals surface area contributed by atoms with E-state index in [2.05, 4.69) is 5.32 Å². The van der Waals surface area contributed by atoms with Crippen LogP contribution < -0.4 is 10.1 Å². The Labute approximate surface area is 266 Å². The second-order valence-corrected chi connectivity index (χ2v) is 15.5. The highest BCUT2D eigenvalue weighted by Crippen LogP contribution is 2.62. The first-order valence-electron chi connectivity index (χ1n) is 13.7. The average molecular weight is 651 g/mol.